The normalized spacial score (nSPS) is 19.3. The van der Waals surface area contributed by atoms with Crippen LogP contribution in [0.3, 0.4) is 0 Å². The van der Waals surface area contributed by atoms with Gasteiger partial charge in [-0.25, -0.2) is 4.98 Å². The SMILES string of the molecule is Cc1nc(-c2ccc(NC3CCCNC3)cc2)cs1. The van der Waals surface area contributed by atoms with Gasteiger partial charge in [0.15, 0.2) is 0 Å². The average molecular weight is 273 g/mol. The van der Waals surface area contributed by atoms with E-state index in [2.05, 4.69) is 45.3 Å². The monoisotopic (exact) mass is 273 g/mol. The highest BCUT2D eigenvalue weighted by Crippen LogP contribution is 2.23. The molecular weight excluding hydrogens is 254 g/mol. The van der Waals surface area contributed by atoms with Crippen molar-refractivity contribution in [2.24, 2.45) is 0 Å². The highest BCUT2D eigenvalue weighted by Gasteiger charge is 2.12. The number of nitrogens with one attached hydrogen (secondary N) is 2. The second-order valence-corrected chi connectivity index (χ2v) is 6.08. The first-order valence-electron chi connectivity index (χ1n) is 6.81. The van der Waals surface area contributed by atoms with Crippen LogP contribution in [-0.4, -0.2) is 24.1 Å². The summed E-state index contributed by atoms with van der Waals surface area (Å²) in [5.41, 5.74) is 3.47. The van der Waals surface area contributed by atoms with Crippen LogP contribution in [0.25, 0.3) is 11.3 Å². The predicted octanol–water partition coefficient (Wildman–Crippen LogP) is 3.28. The van der Waals surface area contributed by atoms with E-state index in [1.54, 1.807) is 11.3 Å². The van der Waals surface area contributed by atoms with Gasteiger partial charge in [0.2, 0.25) is 0 Å². The van der Waals surface area contributed by atoms with Crippen molar-refractivity contribution in [3.8, 4) is 11.3 Å². The Bertz CT molecular complexity index is 527. The van der Waals surface area contributed by atoms with Crippen LogP contribution in [0.2, 0.25) is 0 Å². The summed E-state index contributed by atoms with van der Waals surface area (Å²) in [6, 6.07) is 9.15. The zero-order chi connectivity index (χ0) is 13.1. The Balaban J connectivity index is 1.68. The van der Waals surface area contributed by atoms with Crippen molar-refractivity contribution in [1.82, 2.24) is 10.3 Å². The highest BCUT2D eigenvalue weighted by atomic mass is 32.1. The van der Waals surface area contributed by atoms with Gasteiger partial charge in [0.05, 0.1) is 10.7 Å². The molecule has 3 nitrogen and oxygen atoms in total. The summed E-state index contributed by atoms with van der Waals surface area (Å²) < 4.78 is 0. The van der Waals surface area contributed by atoms with Crippen LogP contribution in [0.4, 0.5) is 5.69 Å². The number of thiazole rings is 1. The second kappa shape index (κ2) is 5.72. The number of hydrogen-bond acceptors (Lipinski definition) is 4. The van der Waals surface area contributed by atoms with Crippen molar-refractivity contribution >= 4 is 17.0 Å². The van der Waals surface area contributed by atoms with Crippen molar-refractivity contribution < 1.29 is 0 Å². The summed E-state index contributed by atoms with van der Waals surface area (Å²) in [5, 5.41) is 10.2. The van der Waals surface area contributed by atoms with Gasteiger partial charge in [-0.15, -0.1) is 11.3 Å². The van der Waals surface area contributed by atoms with Gasteiger partial charge in [0, 0.05) is 29.2 Å². The van der Waals surface area contributed by atoms with Gasteiger partial charge in [-0.2, -0.15) is 0 Å². The van der Waals surface area contributed by atoms with Gasteiger partial charge in [-0.1, -0.05) is 12.1 Å². The summed E-state index contributed by atoms with van der Waals surface area (Å²) in [6.45, 7) is 4.26. The highest BCUT2D eigenvalue weighted by molar-refractivity contribution is 7.09. The van der Waals surface area contributed by atoms with Crippen molar-refractivity contribution in [3.05, 3.63) is 34.7 Å². The smallest absolute Gasteiger partial charge is 0.0901 e. The zero-order valence-corrected chi connectivity index (χ0v) is 12.0. The number of nitrogens with zero attached hydrogens (tertiary/aromatic N) is 1. The molecule has 19 heavy (non-hydrogen) atoms. The van der Waals surface area contributed by atoms with Crippen molar-refractivity contribution in [3.63, 3.8) is 0 Å². The van der Waals surface area contributed by atoms with E-state index < -0.39 is 0 Å². The fraction of sp³-hybridized carbons (Fsp3) is 0.400. The molecule has 0 radical (unpaired) electrons. The molecule has 1 aromatic carbocycles. The van der Waals surface area contributed by atoms with Crippen molar-refractivity contribution in [2.75, 3.05) is 18.4 Å². The van der Waals surface area contributed by atoms with Gasteiger partial charge >= 0.3 is 0 Å². The Morgan fingerprint density at radius 2 is 2.16 bits per heavy atom. The third kappa shape index (κ3) is 3.14. The van der Waals surface area contributed by atoms with E-state index in [0.29, 0.717) is 6.04 Å². The molecule has 1 atom stereocenters. The number of piperidine rings is 1. The van der Waals surface area contributed by atoms with Crippen molar-refractivity contribution in [2.45, 2.75) is 25.8 Å². The largest absolute Gasteiger partial charge is 0.381 e. The summed E-state index contributed by atoms with van der Waals surface area (Å²) >= 11 is 1.70. The molecule has 1 aromatic heterocycles. The molecule has 4 heteroatoms. The lowest BCUT2D eigenvalue weighted by Gasteiger charge is -2.24. The number of anilines is 1. The maximum atomic E-state index is 4.51. The molecule has 2 heterocycles. The maximum Gasteiger partial charge on any atom is 0.0901 e. The van der Waals surface area contributed by atoms with Crippen LogP contribution in [0.5, 0.6) is 0 Å². The van der Waals surface area contributed by atoms with Crippen LogP contribution in [0, 0.1) is 6.92 Å². The van der Waals surface area contributed by atoms with Gasteiger partial charge in [0.1, 0.15) is 0 Å². The molecule has 2 N–H and O–H groups in total. The quantitative estimate of drug-likeness (QED) is 0.901. The van der Waals surface area contributed by atoms with Crippen LogP contribution >= 0.6 is 11.3 Å². The fourth-order valence-corrected chi connectivity index (χ4v) is 3.07. The number of aryl methyl sites for hydroxylation is 1. The lowest BCUT2D eigenvalue weighted by molar-refractivity contribution is 0.480. The molecule has 0 amide bonds. The van der Waals surface area contributed by atoms with E-state index in [1.165, 1.54) is 24.1 Å². The van der Waals surface area contributed by atoms with Gasteiger partial charge in [-0.3, -0.25) is 0 Å². The number of aromatic nitrogens is 1. The summed E-state index contributed by atoms with van der Waals surface area (Å²) in [4.78, 5) is 4.51. The second-order valence-electron chi connectivity index (χ2n) is 5.02. The molecule has 1 fully saturated rings. The van der Waals surface area contributed by atoms with E-state index in [9.17, 15) is 0 Å². The first-order chi connectivity index (χ1) is 9.31. The minimum absolute atomic E-state index is 0.557. The molecule has 0 bridgehead atoms. The summed E-state index contributed by atoms with van der Waals surface area (Å²) in [7, 11) is 0. The first kappa shape index (κ1) is 12.6. The Kier molecular flexibility index (Phi) is 3.80. The Morgan fingerprint density at radius 1 is 1.32 bits per heavy atom. The Labute approximate surface area is 118 Å². The lowest BCUT2D eigenvalue weighted by Crippen LogP contribution is -2.38. The molecule has 1 aliphatic rings. The maximum absolute atomic E-state index is 4.51. The van der Waals surface area contributed by atoms with E-state index in [4.69, 9.17) is 0 Å². The van der Waals surface area contributed by atoms with Crippen LogP contribution < -0.4 is 10.6 Å². The third-order valence-electron chi connectivity index (χ3n) is 3.47. The van der Waals surface area contributed by atoms with Crippen LogP contribution in [0.15, 0.2) is 29.6 Å². The molecule has 3 rings (SSSR count). The third-order valence-corrected chi connectivity index (χ3v) is 4.24. The van der Waals surface area contributed by atoms with Crippen molar-refractivity contribution in [1.29, 1.82) is 0 Å². The fourth-order valence-electron chi connectivity index (χ4n) is 2.44. The van der Waals surface area contributed by atoms with E-state index in [1.807, 2.05) is 6.92 Å². The topological polar surface area (TPSA) is 37.0 Å². The molecule has 1 aliphatic heterocycles. The molecule has 1 saturated heterocycles. The van der Waals surface area contributed by atoms with Crippen LogP contribution in [-0.2, 0) is 0 Å². The van der Waals surface area contributed by atoms with Crippen LogP contribution in [0.1, 0.15) is 17.8 Å². The molecule has 1 unspecified atom stereocenters. The molecule has 2 aromatic rings. The van der Waals surface area contributed by atoms with E-state index in [-0.39, 0.29) is 0 Å². The molecule has 0 aliphatic carbocycles. The average Bonchev–Trinajstić information content (AvgIpc) is 2.87. The number of hydrogen-bond donors (Lipinski definition) is 2. The van der Waals surface area contributed by atoms with Gasteiger partial charge < -0.3 is 10.6 Å². The number of benzene rings is 1. The molecular formula is C15H19N3S. The minimum atomic E-state index is 0.557. The van der Waals surface area contributed by atoms with E-state index >= 15 is 0 Å². The Hall–Kier alpha value is -1.39. The number of rotatable bonds is 3. The zero-order valence-electron chi connectivity index (χ0n) is 11.1. The first-order valence-corrected chi connectivity index (χ1v) is 7.69. The Morgan fingerprint density at radius 3 is 2.79 bits per heavy atom. The molecule has 100 valence electrons. The molecule has 0 spiro atoms. The summed E-state index contributed by atoms with van der Waals surface area (Å²) in [5.74, 6) is 0. The molecule has 0 saturated carbocycles. The minimum Gasteiger partial charge on any atom is -0.381 e. The van der Waals surface area contributed by atoms with Gasteiger partial charge in [-0.05, 0) is 38.4 Å². The standard InChI is InChI=1S/C15H19N3S/c1-11-17-15(10-19-11)12-4-6-13(7-5-12)18-14-3-2-8-16-9-14/h4-7,10,14,16,18H,2-3,8-9H2,1H3. The lowest BCUT2D eigenvalue weighted by atomic mass is 10.1. The van der Waals surface area contributed by atoms with Gasteiger partial charge in [0.25, 0.3) is 0 Å². The predicted molar refractivity (Wildman–Crippen MR) is 81.8 cm³/mol. The van der Waals surface area contributed by atoms with E-state index in [0.717, 1.165) is 23.8 Å². The summed E-state index contributed by atoms with van der Waals surface area (Å²) in [6.07, 6.45) is 2.51.